The van der Waals surface area contributed by atoms with Crippen molar-refractivity contribution >= 4 is 15.9 Å². The fourth-order valence-corrected chi connectivity index (χ4v) is 2.27. The summed E-state index contributed by atoms with van der Waals surface area (Å²) in [5.74, 6) is 0.704. The highest BCUT2D eigenvalue weighted by Crippen LogP contribution is 2.19. The maximum absolute atomic E-state index is 5.70. The van der Waals surface area contributed by atoms with E-state index in [1.165, 1.54) is 17.5 Å². The van der Waals surface area contributed by atoms with Crippen molar-refractivity contribution in [3.05, 3.63) is 33.8 Å². The lowest BCUT2D eigenvalue weighted by Gasteiger charge is -2.10. The molecule has 0 saturated heterocycles. The number of nitrogens with one attached hydrogen (secondary N) is 1. The fourth-order valence-electron chi connectivity index (χ4n) is 1.73. The van der Waals surface area contributed by atoms with Crippen molar-refractivity contribution in [2.45, 2.75) is 46.8 Å². The van der Waals surface area contributed by atoms with E-state index >= 15 is 0 Å². The molecule has 0 radical (unpaired) electrons. The minimum Gasteiger partial charge on any atom is -0.377 e. The van der Waals surface area contributed by atoms with Gasteiger partial charge >= 0.3 is 0 Å². The van der Waals surface area contributed by atoms with Crippen molar-refractivity contribution in [2.24, 2.45) is 5.92 Å². The molecule has 1 aromatic carbocycles. The predicted octanol–water partition coefficient (Wildman–Crippen LogP) is 4.51. The molecule has 0 bridgehead atoms. The second-order valence-electron chi connectivity index (χ2n) is 5.34. The molecule has 0 saturated carbocycles. The van der Waals surface area contributed by atoms with Crippen LogP contribution in [0.25, 0.3) is 0 Å². The lowest BCUT2D eigenvalue weighted by Crippen LogP contribution is -2.13. The van der Waals surface area contributed by atoms with Crippen LogP contribution < -0.4 is 5.32 Å². The van der Waals surface area contributed by atoms with Gasteiger partial charge in [-0.05, 0) is 42.5 Å². The number of rotatable bonds is 9. The van der Waals surface area contributed by atoms with Gasteiger partial charge in [0.2, 0.25) is 0 Å². The summed E-state index contributed by atoms with van der Waals surface area (Å²) in [5, 5.41) is 3.41. The van der Waals surface area contributed by atoms with Gasteiger partial charge in [0, 0.05) is 17.6 Å². The van der Waals surface area contributed by atoms with Gasteiger partial charge in [-0.25, -0.2) is 0 Å². The summed E-state index contributed by atoms with van der Waals surface area (Å²) in [6, 6.07) is 6.51. The van der Waals surface area contributed by atoms with Crippen LogP contribution in [0.15, 0.2) is 22.7 Å². The lowest BCUT2D eigenvalue weighted by molar-refractivity contribution is 0.110. The van der Waals surface area contributed by atoms with Gasteiger partial charge in [-0.2, -0.15) is 0 Å². The van der Waals surface area contributed by atoms with Crippen LogP contribution in [0.3, 0.4) is 0 Å². The van der Waals surface area contributed by atoms with Crippen molar-refractivity contribution < 1.29 is 4.74 Å². The zero-order valence-electron chi connectivity index (χ0n) is 12.3. The molecule has 1 rings (SSSR count). The smallest absolute Gasteiger partial charge is 0.0727 e. The van der Waals surface area contributed by atoms with Gasteiger partial charge in [-0.15, -0.1) is 0 Å². The minimum absolute atomic E-state index is 0.690. The molecule has 0 aromatic heterocycles. The van der Waals surface area contributed by atoms with Gasteiger partial charge in [-0.3, -0.25) is 0 Å². The molecule has 0 unspecified atom stereocenters. The monoisotopic (exact) mass is 327 g/mol. The second kappa shape index (κ2) is 9.51. The molecular formula is C16H26BrNO. The van der Waals surface area contributed by atoms with E-state index in [1.807, 2.05) is 0 Å². The summed E-state index contributed by atoms with van der Waals surface area (Å²) in [5.41, 5.74) is 2.54. The van der Waals surface area contributed by atoms with Crippen LogP contribution in [0.4, 0.5) is 0 Å². The Morgan fingerprint density at radius 3 is 2.74 bits per heavy atom. The van der Waals surface area contributed by atoms with E-state index < -0.39 is 0 Å². The molecular weight excluding hydrogens is 302 g/mol. The summed E-state index contributed by atoms with van der Waals surface area (Å²) in [6.07, 6.45) is 2.29. The molecule has 0 spiro atoms. The molecule has 0 aliphatic heterocycles. The van der Waals surface area contributed by atoms with Crippen LogP contribution in [0.5, 0.6) is 0 Å². The predicted molar refractivity (Wildman–Crippen MR) is 85.3 cm³/mol. The molecule has 0 aliphatic carbocycles. The maximum Gasteiger partial charge on any atom is 0.0727 e. The first-order chi connectivity index (χ1) is 9.13. The second-order valence-corrected chi connectivity index (χ2v) is 6.19. The summed E-state index contributed by atoms with van der Waals surface area (Å²) in [4.78, 5) is 0. The van der Waals surface area contributed by atoms with E-state index in [-0.39, 0.29) is 0 Å². The Bertz CT molecular complexity index is 366. The van der Waals surface area contributed by atoms with Crippen LogP contribution >= 0.6 is 15.9 Å². The SMILES string of the molecule is CCCNCc1ccc(COCCC(C)C)c(Br)c1. The first kappa shape index (κ1) is 16.7. The van der Waals surface area contributed by atoms with Gasteiger partial charge < -0.3 is 10.1 Å². The van der Waals surface area contributed by atoms with E-state index in [4.69, 9.17) is 4.74 Å². The molecule has 1 aromatic rings. The van der Waals surface area contributed by atoms with Crippen LogP contribution in [0, 0.1) is 5.92 Å². The topological polar surface area (TPSA) is 21.3 Å². The highest BCUT2D eigenvalue weighted by molar-refractivity contribution is 9.10. The Labute approximate surface area is 126 Å². The quantitative estimate of drug-likeness (QED) is 0.673. The molecule has 0 heterocycles. The van der Waals surface area contributed by atoms with Crippen LogP contribution in [-0.2, 0) is 17.9 Å². The summed E-state index contributed by atoms with van der Waals surface area (Å²) in [7, 11) is 0. The molecule has 0 amide bonds. The van der Waals surface area contributed by atoms with E-state index in [0.717, 1.165) is 30.6 Å². The Hall–Kier alpha value is -0.380. The Morgan fingerprint density at radius 1 is 1.32 bits per heavy atom. The molecule has 3 heteroatoms. The standard InChI is InChI=1S/C16H26BrNO/c1-4-8-18-11-14-5-6-15(16(17)10-14)12-19-9-7-13(2)3/h5-6,10,13,18H,4,7-9,11-12H2,1-3H3. The van der Waals surface area contributed by atoms with Crippen LogP contribution in [-0.4, -0.2) is 13.2 Å². The number of hydrogen-bond acceptors (Lipinski definition) is 2. The third kappa shape index (κ3) is 7.09. The van der Waals surface area contributed by atoms with Crippen molar-refractivity contribution in [1.29, 1.82) is 0 Å². The van der Waals surface area contributed by atoms with Gasteiger partial charge in [0.1, 0.15) is 0 Å². The van der Waals surface area contributed by atoms with Gasteiger partial charge in [0.25, 0.3) is 0 Å². The molecule has 108 valence electrons. The summed E-state index contributed by atoms with van der Waals surface area (Å²) in [6.45, 7) is 10.1. The first-order valence-corrected chi connectivity index (χ1v) is 7.98. The first-order valence-electron chi connectivity index (χ1n) is 7.19. The summed E-state index contributed by atoms with van der Waals surface area (Å²) < 4.78 is 6.85. The van der Waals surface area contributed by atoms with Gasteiger partial charge in [0.15, 0.2) is 0 Å². The molecule has 0 atom stereocenters. The molecule has 2 nitrogen and oxygen atoms in total. The van der Waals surface area contributed by atoms with E-state index in [0.29, 0.717) is 12.5 Å². The highest BCUT2D eigenvalue weighted by Gasteiger charge is 2.02. The third-order valence-electron chi connectivity index (χ3n) is 2.97. The van der Waals surface area contributed by atoms with E-state index in [1.54, 1.807) is 0 Å². The Morgan fingerprint density at radius 2 is 2.11 bits per heavy atom. The van der Waals surface area contributed by atoms with Gasteiger partial charge in [-0.1, -0.05) is 48.8 Å². The number of hydrogen-bond donors (Lipinski definition) is 1. The largest absolute Gasteiger partial charge is 0.377 e. The molecule has 0 aliphatic rings. The van der Waals surface area contributed by atoms with E-state index in [2.05, 4.69) is 60.2 Å². The molecule has 0 fully saturated rings. The van der Waals surface area contributed by atoms with Crippen molar-refractivity contribution in [3.8, 4) is 0 Å². The third-order valence-corrected chi connectivity index (χ3v) is 3.71. The average molecular weight is 328 g/mol. The molecule has 19 heavy (non-hydrogen) atoms. The minimum atomic E-state index is 0.690. The number of benzene rings is 1. The Balaban J connectivity index is 2.39. The highest BCUT2D eigenvalue weighted by atomic mass is 79.9. The number of ether oxygens (including phenoxy) is 1. The average Bonchev–Trinajstić information content (AvgIpc) is 2.36. The normalized spacial score (nSPS) is 11.2. The zero-order chi connectivity index (χ0) is 14.1. The lowest BCUT2D eigenvalue weighted by atomic mass is 10.1. The van der Waals surface area contributed by atoms with E-state index in [9.17, 15) is 0 Å². The number of halogens is 1. The maximum atomic E-state index is 5.70. The summed E-state index contributed by atoms with van der Waals surface area (Å²) >= 11 is 3.63. The Kier molecular flexibility index (Phi) is 8.35. The van der Waals surface area contributed by atoms with Gasteiger partial charge in [0.05, 0.1) is 6.61 Å². The van der Waals surface area contributed by atoms with Crippen molar-refractivity contribution in [2.75, 3.05) is 13.2 Å². The van der Waals surface area contributed by atoms with Crippen molar-refractivity contribution in [1.82, 2.24) is 5.32 Å². The zero-order valence-corrected chi connectivity index (χ0v) is 13.9. The van der Waals surface area contributed by atoms with Crippen LogP contribution in [0.1, 0.15) is 44.7 Å². The fraction of sp³-hybridized carbons (Fsp3) is 0.625. The molecule has 1 N–H and O–H groups in total. The van der Waals surface area contributed by atoms with Crippen LogP contribution in [0.2, 0.25) is 0 Å². The van der Waals surface area contributed by atoms with Crippen molar-refractivity contribution in [3.63, 3.8) is 0 Å².